The summed E-state index contributed by atoms with van der Waals surface area (Å²) in [5.74, 6) is 0.332. The third kappa shape index (κ3) is 2.42. The molecule has 0 radical (unpaired) electrons. The topological polar surface area (TPSA) is 41.4 Å². The Hall–Kier alpha value is -2.56. The van der Waals surface area contributed by atoms with Crippen LogP contribution in [0.15, 0.2) is 54.1 Å². The van der Waals surface area contributed by atoms with E-state index in [1.807, 2.05) is 36.4 Å². The summed E-state index contributed by atoms with van der Waals surface area (Å²) in [5, 5.41) is 0. The van der Waals surface area contributed by atoms with Crippen molar-refractivity contribution in [3.8, 4) is 0 Å². The normalized spacial score (nSPS) is 14.3. The molecule has 3 heterocycles. The molecule has 0 N–H and O–H groups in total. The summed E-state index contributed by atoms with van der Waals surface area (Å²) in [5.41, 5.74) is 3.06. The van der Waals surface area contributed by atoms with Crippen LogP contribution in [0.25, 0.3) is 0 Å². The van der Waals surface area contributed by atoms with Gasteiger partial charge in [0.2, 0.25) is 0 Å². The Morgan fingerprint density at radius 2 is 2.10 bits per heavy atom. The van der Waals surface area contributed by atoms with Gasteiger partial charge in [-0.2, -0.15) is 0 Å². The lowest BCUT2D eigenvalue weighted by molar-refractivity contribution is 0.621. The van der Waals surface area contributed by atoms with Gasteiger partial charge in [-0.25, -0.2) is 9.37 Å². The predicted molar refractivity (Wildman–Crippen MR) is 76.2 cm³/mol. The predicted octanol–water partition coefficient (Wildman–Crippen LogP) is 2.70. The van der Waals surface area contributed by atoms with Crippen molar-refractivity contribution >= 4 is 11.5 Å². The molecule has 20 heavy (non-hydrogen) atoms. The first-order valence-corrected chi connectivity index (χ1v) is 6.26. The summed E-state index contributed by atoms with van der Waals surface area (Å²) in [7, 11) is 0. The molecule has 0 fully saturated rings. The van der Waals surface area contributed by atoms with E-state index in [0.717, 1.165) is 16.8 Å². The molecular weight excluding hydrogens is 255 g/mol. The second kappa shape index (κ2) is 5.21. The van der Waals surface area contributed by atoms with Crippen LogP contribution in [-0.4, -0.2) is 22.3 Å². The van der Waals surface area contributed by atoms with E-state index < -0.39 is 0 Å². The third-order valence-corrected chi connectivity index (χ3v) is 3.13. The van der Waals surface area contributed by atoms with Gasteiger partial charge in [0.1, 0.15) is 18.3 Å². The molecule has 3 rings (SSSR count). The molecule has 0 unspecified atom stereocenters. The fourth-order valence-corrected chi connectivity index (χ4v) is 2.01. The highest BCUT2D eigenvalue weighted by atomic mass is 19.1. The Morgan fingerprint density at radius 3 is 2.75 bits per heavy atom. The minimum absolute atomic E-state index is 0.343. The number of rotatable bonds is 2. The molecule has 0 atom stereocenters. The van der Waals surface area contributed by atoms with Crippen molar-refractivity contribution in [3.05, 3.63) is 66.0 Å². The lowest BCUT2D eigenvalue weighted by Crippen LogP contribution is -2.22. The Labute approximate surface area is 116 Å². The number of allylic oxidation sites excluding steroid dienone is 1. The monoisotopic (exact) mass is 268 g/mol. The van der Waals surface area contributed by atoms with Crippen molar-refractivity contribution in [2.24, 2.45) is 4.99 Å². The highest BCUT2D eigenvalue weighted by molar-refractivity contribution is 6.10. The lowest BCUT2D eigenvalue weighted by atomic mass is 10.1. The number of halogens is 1. The quantitative estimate of drug-likeness (QED) is 0.841. The van der Waals surface area contributed by atoms with Crippen LogP contribution < -0.4 is 4.90 Å². The number of aryl methyl sites for hydroxylation is 1. The van der Waals surface area contributed by atoms with Crippen LogP contribution in [0.2, 0.25) is 0 Å². The summed E-state index contributed by atoms with van der Waals surface area (Å²) >= 11 is 0. The van der Waals surface area contributed by atoms with Crippen LogP contribution in [0.5, 0.6) is 0 Å². The van der Waals surface area contributed by atoms with E-state index in [4.69, 9.17) is 0 Å². The summed E-state index contributed by atoms with van der Waals surface area (Å²) in [6.45, 7) is 2.49. The second-order valence-electron chi connectivity index (χ2n) is 4.50. The van der Waals surface area contributed by atoms with Gasteiger partial charge in [0, 0.05) is 24.2 Å². The summed E-state index contributed by atoms with van der Waals surface area (Å²) in [4.78, 5) is 14.5. The number of aliphatic imine (C=N–C) groups is 1. The standard InChI is InChI=1S/C15H13FN4/c1-11-4-6-17-9-13(11)14-5-7-20(10-19-14)15-3-2-12(16)8-18-15/h2-9H,10H2,1H3. The van der Waals surface area contributed by atoms with Crippen LogP contribution >= 0.6 is 0 Å². The van der Waals surface area contributed by atoms with Gasteiger partial charge in [-0.1, -0.05) is 0 Å². The number of hydrogen-bond acceptors (Lipinski definition) is 4. The first-order valence-electron chi connectivity index (χ1n) is 6.26. The van der Waals surface area contributed by atoms with Gasteiger partial charge in [0.25, 0.3) is 0 Å². The largest absolute Gasteiger partial charge is 0.313 e. The Kier molecular flexibility index (Phi) is 3.25. The van der Waals surface area contributed by atoms with E-state index in [0.29, 0.717) is 12.5 Å². The average Bonchev–Trinajstić information content (AvgIpc) is 2.49. The van der Waals surface area contributed by atoms with E-state index >= 15 is 0 Å². The minimum Gasteiger partial charge on any atom is -0.313 e. The molecular formula is C15H13FN4. The molecule has 0 bridgehead atoms. The van der Waals surface area contributed by atoms with Crippen molar-refractivity contribution < 1.29 is 4.39 Å². The lowest BCUT2D eigenvalue weighted by Gasteiger charge is -2.21. The van der Waals surface area contributed by atoms with Gasteiger partial charge in [-0.3, -0.25) is 9.98 Å². The number of hydrogen-bond donors (Lipinski definition) is 0. The highest BCUT2D eigenvalue weighted by Gasteiger charge is 2.11. The number of aromatic nitrogens is 2. The van der Waals surface area contributed by atoms with E-state index in [1.165, 1.54) is 12.3 Å². The van der Waals surface area contributed by atoms with Crippen LogP contribution in [0.4, 0.5) is 10.2 Å². The zero-order valence-electron chi connectivity index (χ0n) is 11.0. The molecule has 0 saturated heterocycles. The van der Waals surface area contributed by atoms with Crippen molar-refractivity contribution in [2.75, 3.05) is 11.6 Å². The van der Waals surface area contributed by atoms with Crippen LogP contribution in [0.3, 0.4) is 0 Å². The second-order valence-corrected chi connectivity index (χ2v) is 4.50. The smallest absolute Gasteiger partial charge is 0.141 e. The molecule has 1 aliphatic rings. The Bertz CT molecular complexity index is 677. The van der Waals surface area contributed by atoms with E-state index in [-0.39, 0.29) is 5.82 Å². The van der Waals surface area contributed by atoms with E-state index in [1.54, 1.807) is 12.3 Å². The van der Waals surface area contributed by atoms with Crippen LogP contribution in [0.1, 0.15) is 11.1 Å². The summed E-state index contributed by atoms with van der Waals surface area (Å²) < 4.78 is 12.8. The van der Waals surface area contributed by atoms with Crippen LogP contribution in [0, 0.1) is 12.7 Å². The molecule has 2 aromatic rings. The van der Waals surface area contributed by atoms with Gasteiger partial charge in [-0.05, 0) is 36.8 Å². The zero-order valence-corrected chi connectivity index (χ0v) is 11.0. The van der Waals surface area contributed by atoms with Gasteiger partial charge in [0.15, 0.2) is 0 Å². The fourth-order valence-electron chi connectivity index (χ4n) is 2.01. The molecule has 4 nitrogen and oxygen atoms in total. The maximum Gasteiger partial charge on any atom is 0.141 e. The maximum absolute atomic E-state index is 12.8. The molecule has 5 heteroatoms. The molecule has 0 aromatic carbocycles. The summed E-state index contributed by atoms with van der Waals surface area (Å²) in [6, 6.07) is 4.98. The zero-order chi connectivity index (χ0) is 13.9. The first kappa shape index (κ1) is 12.5. The number of anilines is 1. The highest BCUT2D eigenvalue weighted by Crippen LogP contribution is 2.16. The van der Waals surface area contributed by atoms with Gasteiger partial charge in [-0.15, -0.1) is 0 Å². The van der Waals surface area contributed by atoms with Gasteiger partial charge < -0.3 is 4.90 Å². The molecule has 0 saturated carbocycles. The van der Waals surface area contributed by atoms with Crippen molar-refractivity contribution in [1.82, 2.24) is 9.97 Å². The Balaban J connectivity index is 1.81. The minimum atomic E-state index is -0.343. The van der Waals surface area contributed by atoms with Crippen molar-refractivity contribution in [2.45, 2.75) is 6.92 Å². The molecule has 0 amide bonds. The third-order valence-electron chi connectivity index (χ3n) is 3.13. The number of nitrogens with zero attached hydrogens (tertiary/aromatic N) is 4. The fraction of sp³-hybridized carbons (Fsp3) is 0.133. The van der Waals surface area contributed by atoms with Crippen molar-refractivity contribution in [1.29, 1.82) is 0 Å². The number of pyridine rings is 2. The van der Waals surface area contributed by atoms with E-state index in [2.05, 4.69) is 15.0 Å². The molecule has 1 aliphatic heterocycles. The van der Waals surface area contributed by atoms with Crippen molar-refractivity contribution in [3.63, 3.8) is 0 Å². The first-order chi connectivity index (χ1) is 9.74. The molecule has 2 aromatic heterocycles. The van der Waals surface area contributed by atoms with Crippen LogP contribution in [-0.2, 0) is 0 Å². The summed E-state index contributed by atoms with van der Waals surface area (Å²) in [6.07, 6.45) is 8.59. The molecule has 0 spiro atoms. The molecule has 100 valence electrons. The van der Waals surface area contributed by atoms with Gasteiger partial charge in [0.05, 0.1) is 11.9 Å². The average molecular weight is 268 g/mol. The van der Waals surface area contributed by atoms with E-state index in [9.17, 15) is 4.39 Å². The SMILES string of the molecule is Cc1ccncc1C1=NCN(c2ccc(F)cn2)C=C1. The van der Waals surface area contributed by atoms with Gasteiger partial charge >= 0.3 is 0 Å². The Morgan fingerprint density at radius 1 is 1.20 bits per heavy atom. The maximum atomic E-state index is 12.8. The molecule has 0 aliphatic carbocycles.